The minimum atomic E-state index is 0.701. The number of anilines is 3. The molecule has 6 nitrogen and oxygen atoms in total. The molecule has 53 heavy (non-hydrogen) atoms. The van der Waals surface area contributed by atoms with Crippen LogP contribution in [-0.2, 0) is 0 Å². The molecule has 0 saturated heterocycles. The summed E-state index contributed by atoms with van der Waals surface area (Å²) >= 11 is 0. The first-order valence-electron chi connectivity index (χ1n) is 17.7. The molecule has 0 aliphatic rings. The van der Waals surface area contributed by atoms with Gasteiger partial charge in [-0.1, -0.05) is 54.6 Å². The minimum Gasteiger partial charge on any atom is -0.317 e. The van der Waals surface area contributed by atoms with Gasteiger partial charge in [-0.25, -0.2) is 9.97 Å². The smallest absolute Gasteiger partial charge is 0.159 e. The highest BCUT2D eigenvalue weighted by atomic mass is 15.1. The number of hydrogen-bond donors (Lipinski definition) is 0. The van der Waals surface area contributed by atoms with E-state index in [4.69, 9.17) is 0 Å². The van der Waals surface area contributed by atoms with Crippen LogP contribution in [0.5, 0.6) is 0 Å². The number of rotatable bonds is 7. The number of para-hydroxylation sites is 2. The highest BCUT2D eigenvalue weighted by molar-refractivity contribution is 6.14. The summed E-state index contributed by atoms with van der Waals surface area (Å²) in [5.41, 5.74) is 11.8. The van der Waals surface area contributed by atoms with Gasteiger partial charge in [-0.2, -0.15) is 0 Å². The Bertz CT molecular complexity index is 2760. The number of pyridine rings is 1. The fourth-order valence-electron chi connectivity index (χ4n) is 7.41. The Balaban J connectivity index is 1.18. The molecular formula is C47H32N6. The zero-order valence-corrected chi connectivity index (χ0v) is 28.7. The van der Waals surface area contributed by atoms with Crippen molar-refractivity contribution in [1.82, 2.24) is 24.1 Å². The predicted octanol–water partition coefficient (Wildman–Crippen LogP) is 11.7. The Morgan fingerprint density at radius 3 is 1.74 bits per heavy atom. The van der Waals surface area contributed by atoms with E-state index in [1.807, 2.05) is 30.5 Å². The second-order valence-electron chi connectivity index (χ2n) is 13.0. The first-order valence-corrected chi connectivity index (χ1v) is 17.7. The first-order chi connectivity index (χ1) is 26.3. The molecule has 0 amide bonds. The van der Waals surface area contributed by atoms with Gasteiger partial charge in [0.25, 0.3) is 0 Å². The maximum atomic E-state index is 4.58. The van der Waals surface area contributed by atoms with Gasteiger partial charge in [0.1, 0.15) is 0 Å². The van der Waals surface area contributed by atoms with E-state index in [9.17, 15) is 0 Å². The molecule has 0 radical (unpaired) electrons. The second-order valence-corrected chi connectivity index (χ2v) is 13.0. The Morgan fingerprint density at radius 2 is 1.04 bits per heavy atom. The molecule has 0 saturated carbocycles. The van der Waals surface area contributed by atoms with E-state index in [0.717, 1.165) is 50.8 Å². The minimum absolute atomic E-state index is 0.701. The van der Waals surface area contributed by atoms with Crippen molar-refractivity contribution in [2.24, 2.45) is 0 Å². The summed E-state index contributed by atoms with van der Waals surface area (Å²) < 4.78 is 4.66. The van der Waals surface area contributed by atoms with Crippen molar-refractivity contribution in [1.29, 1.82) is 0 Å². The topological polar surface area (TPSA) is 51.8 Å². The molecule has 4 aromatic heterocycles. The van der Waals surface area contributed by atoms with E-state index >= 15 is 0 Å². The first kappa shape index (κ1) is 30.5. The highest BCUT2D eigenvalue weighted by Crippen LogP contribution is 2.41. The molecule has 0 N–H and O–H groups in total. The standard InChI is InChI=1S/C47H32N6/c1-3-10-36(11-4-1)51-29-25-35-30-46-42(32-45(35)51)41-31-40(23-24-44(41)53(46)37-12-5-2-6-13-37)52(38-19-15-33(16-20-38)43-14-7-8-26-48-43)39-21-17-34(18-22-39)47-49-27-9-28-50-47/h1-32H. The molecule has 0 aliphatic carbocycles. The molecule has 10 aromatic rings. The van der Waals surface area contributed by atoms with Crippen LogP contribution >= 0.6 is 0 Å². The maximum Gasteiger partial charge on any atom is 0.159 e. The lowest BCUT2D eigenvalue weighted by atomic mass is 10.1. The summed E-state index contributed by atoms with van der Waals surface area (Å²) in [5.74, 6) is 0.701. The summed E-state index contributed by atoms with van der Waals surface area (Å²) in [7, 11) is 0. The average Bonchev–Trinajstić information content (AvgIpc) is 3.80. The van der Waals surface area contributed by atoms with Gasteiger partial charge in [0.2, 0.25) is 0 Å². The van der Waals surface area contributed by atoms with Gasteiger partial charge in [-0.05, 0) is 115 Å². The van der Waals surface area contributed by atoms with E-state index in [0.29, 0.717) is 5.82 Å². The second kappa shape index (κ2) is 12.8. The fourth-order valence-corrected chi connectivity index (χ4v) is 7.41. The molecule has 250 valence electrons. The lowest BCUT2D eigenvalue weighted by Crippen LogP contribution is -2.10. The van der Waals surface area contributed by atoms with Crippen molar-refractivity contribution in [2.45, 2.75) is 0 Å². The molecule has 0 fully saturated rings. The van der Waals surface area contributed by atoms with Crippen LogP contribution in [0.25, 0.3) is 66.7 Å². The van der Waals surface area contributed by atoms with Crippen molar-refractivity contribution in [3.05, 3.63) is 195 Å². The molecule has 0 bridgehead atoms. The normalized spacial score (nSPS) is 11.4. The molecule has 0 atom stereocenters. The molecule has 0 spiro atoms. The third-order valence-corrected chi connectivity index (χ3v) is 9.90. The third-order valence-electron chi connectivity index (χ3n) is 9.90. The predicted molar refractivity (Wildman–Crippen MR) is 217 cm³/mol. The van der Waals surface area contributed by atoms with Crippen LogP contribution in [0.1, 0.15) is 0 Å². The van der Waals surface area contributed by atoms with E-state index in [1.54, 1.807) is 12.4 Å². The zero-order chi connectivity index (χ0) is 35.1. The lowest BCUT2D eigenvalue weighted by molar-refractivity contribution is 1.13. The summed E-state index contributed by atoms with van der Waals surface area (Å²) in [4.78, 5) is 15.9. The fraction of sp³-hybridized carbons (Fsp3) is 0. The van der Waals surface area contributed by atoms with E-state index in [-0.39, 0.29) is 0 Å². The van der Waals surface area contributed by atoms with Crippen LogP contribution < -0.4 is 4.90 Å². The van der Waals surface area contributed by atoms with E-state index < -0.39 is 0 Å². The molecule has 10 rings (SSSR count). The third kappa shape index (κ3) is 5.41. The van der Waals surface area contributed by atoms with Crippen molar-refractivity contribution in [2.75, 3.05) is 4.90 Å². The quantitative estimate of drug-likeness (QED) is 0.168. The van der Waals surface area contributed by atoms with E-state index in [1.165, 1.54) is 27.2 Å². The summed E-state index contributed by atoms with van der Waals surface area (Å²) in [6.07, 6.45) is 7.55. The van der Waals surface area contributed by atoms with Gasteiger partial charge in [-0.3, -0.25) is 4.98 Å². The van der Waals surface area contributed by atoms with E-state index in [2.05, 4.69) is 181 Å². The van der Waals surface area contributed by atoms with Crippen LogP contribution in [0, 0.1) is 0 Å². The van der Waals surface area contributed by atoms with Gasteiger partial charge in [-0.15, -0.1) is 0 Å². The molecule has 6 aromatic carbocycles. The van der Waals surface area contributed by atoms with Gasteiger partial charge in [0.05, 0.1) is 22.2 Å². The summed E-state index contributed by atoms with van der Waals surface area (Å²) in [6, 6.07) is 59.8. The van der Waals surface area contributed by atoms with Crippen molar-refractivity contribution in [3.63, 3.8) is 0 Å². The van der Waals surface area contributed by atoms with Crippen LogP contribution in [-0.4, -0.2) is 24.1 Å². The number of benzene rings is 6. The number of fused-ring (bicyclic) bond motifs is 4. The van der Waals surface area contributed by atoms with Gasteiger partial charge >= 0.3 is 0 Å². The molecule has 6 heteroatoms. The largest absolute Gasteiger partial charge is 0.317 e. The van der Waals surface area contributed by atoms with Gasteiger partial charge in [0.15, 0.2) is 5.82 Å². The van der Waals surface area contributed by atoms with Crippen LogP contribution in [0.3, 0.4) is 0 Å². The Morgan fingerprint density at radius 1 is 0.415 bits per heavy atom. The Kier molecular flexibility index (Phi) is 7.36. The van der Waals surface area contributed by atoms with Gasteiger partial charge in [0, 0.05) is 80.5 Å². The van der Waals surface area contributed by atoms with Crippen molar-refractivity contribution >= 4 is 49.8 Å². The molecule has 0 unspecified atom stereocenters. The maximum absolute atomic E-state index is 4.58. The zero-order valence-electron chi connectivity index (χ0n) is 28.7. The molecular weight excluding hydrogens is 649 g/mol. The number of aromatic nitrogens is 5. The average molecular weight is 681 g/mol. The number of nitrogens with zero attached hydrogens (tertiary/aromatic N) is 6. The number of hydrogen-bond acceptors (Lipinski definition) is 4. The SMILES string of the molecule is c1ccc(-n2ccc3cc4c(cc32)c2cc(N(c3ccc(-c5ccccn5)cc3)c3ccc(-c5ncccn5)cc3)ccc2n4-c2ccccc2)cc1. The lowest BCUT2D eigenvalue weighted by Gasteiger charge is -2.26. The highest BCUT2D eigenvalue weighted by Gasteiger charge is 2.19. The van der Waals surface area contributed by atoms with Crippen LogP contribution in [0.4, 0.5) is 17.1 Å². The molecule has 0 aliphatic heterocycles. The van der Waals surface area contributed by atoms with Crippen molar-refractivity contribution in [3.8, 4) is 34.0 Å². The summed E-state index contributed by atoms with van der Waals surface area (Å²) in [5, 5.41) is 3.56. The monoisotopic (exact) mass is 680 g/mol. The Hall–Kier alpha value is -7.31. The Labute approximate surface area is 306 Å². The van der Waals surface area contributed by atoms with Crippen LogP contribution in [0.2, 0.25) is 0 Å². The molecule has 4 heterocycles. The van der Waals surface area contributed by atoms with Crippen molar-refractivity contribution < 1.29 is 0 Å². The van der Waals surface area contributed by atoms with Crippen LogP contribution in [0.15, 0.2) is 195 Å². The van der Waals surface area contributed by atoms with Gasteiger partial charge < -0.3 is 14.0 Å². The summed E-state index contributed by atoms with van der Waals surface area (Å²) in [6.45, 7) is 0.